The van der Waals surface area contributed by atoms with Crippen LogP contribution in [0.3, 0.4) is 0 Å². The molecule has 0 heterocycles. The predicted octanol–water partition coefficient (Wildman–Crippen LogP) is 2.89. The van der Waals surface area contributed by atoms with Crippen molar-refractivity contribution in [2.45, 2.75) is 65.0 Å². The van der Waals surface area contributed by atoms with Crippen LogP contribution in [0.1, 0.15) is 52.9 Å². The summed E-state index contributed by atoms with van der Waals surface area (Å²) >= 11 is 0. The number of likely N-dealkylation sites (N-methyl/N-ethyl adjacent to an activating group) is 1. The quantitative estimate of drug-likeness (QED) is 0.749. The van der Waals surface area contributed by atoms with Gasteiger partial charge in [-0.05, 0) is 39.2 Å². The Bertz CT molecular complexity index is 182. The highest BCUT2D eigenvalue weighted by molar-refractivity contribution is 4.78. The van der Waals surface area contributed by atoms with E-state index in [0.717, 1.165) is 18.5 Å². The van der Waals surface area contributed by atoms with Gasteiger partial charge in [0.2, 0.25) is 0 Å². The molecule has 96 valence electrons. The summed E-state index contributed by atoms with van der Waals surface area (Å²) < 4.78 is 0. The Morgan fingerprint density at radius 3 is 2.62 bits per heavy atom. The maximum atomic E-state index is 3.74. The highest BCUT2D eigenvalue weighted by atomic mass is 15.1. The van der Waals surface area contributed by atoms with E-state index in [1.807, 2.05) is 0 Å². The lowest BCUT2D eigenvalue weighted by molar-refractivity contribution is 0.228. The lowest BCUT2D eigenvalue weighted by Crippen LogP contribution is -2.42. The molecular weight excluding hydrogens is 196 g/mol. The van der Waals surface area contributed by atoms with Gasteiger partial charge in [0, 0.05) is 25.2 Å². The molecule has 1 rings (SSSR count). The van der Waals surface area contributed by atoms with Gasteiger partial charge in [0.25, 0.3) is 0 Å². The first-order valence-electron chi connectivity index (χ1n) is 7.08. The summed E-state index contributed by atoms with van der Waals surface area (Å²) in [5.74, 6) is 0.877. The summed E-state index contributed by atoms with van der Waals surface area (Å²) in [5.41, 5.74) is 0. The van der Waals surface area contributed by atoms with Crippen LogP contribution in [0.4, 0.5) is 0 Å². The largest absolute Gasteiger partial charge is 0.312 e. The first-order valence-corrected chi connectivity index (χ1v) is 7.08. The van der Waals surface area contributed by atoms with Gasteiger partial charge >= 0.3 is 0 Å². The average molecular weight is 226 g/mol. The molecule has 3 unspecified atom stereocenters. The Kier molecular flexibility index (Phi) is 6.37. The van der Waals surface area contributed by atoms with Crippen LogP contribution >= 0.6 is 0 Å². The van der Waals surface area contributed by atoms with E-state index in [1.165, 1.54) is 38.6 Å². The first kappa shape index (κ1) is 14.0. The Morgan fingerprint density at radius 2 is 2.00 bits per heavy atom. The second kappa shape index (κ2) is 7.29. The molecule has 1 fully saturated rings. The third kappa shape index (κ3) is 4.42. The molecule has 2 heteroatoms. The molecule has 0 bridgehead atoms. The zero-order valence-electron chi connectivity index (χ0n) is 11.6. The van der Waals surface area contributed by atoms with Gasteiger partial charge in [0.1, 0.15) is 0 Å². The second-order valence-corrected chi connectivity index (χ2v) is 5.56. The van der Waals surface area contributed by atoms with Crippen molar-refractivity contribution in [2.75, 3.05) is 20.1 Å². The number of rotatable bonds is 6. The van der Waals surface area contributed by atoms with Crippen molar-refractivity contribution in [3.05, 3.63) is 0 Å². The van der Waals surface area contributed by atoms with Crippen LogP contribution in [0.15, 0.2) is 0 Å². The van der Waals surface area contributed by atoms with Gasteiger partial charge in [0.15, 0.2) is 0 Å². The van der Waals surface area contributed by atoms with Crippen molar-refractivity contribution in [1.29, 1.82) is 0 Å². The van der Waals surface area contributed by atoms with Crippen LogP contribution in [0.25, 0.3) is 0 Å². The van der Waals surface area contributed by atoms with E-state index < -0.39 is 0 Å². The van der Waals surface area contributed by atoms with E-state index in [4.69, 9.17) is 0 Å². The van der Waals surface area contributed by atoms with Crippen molar-refractivity contribution >= 4 is 0 Å². The second-order valence-electron chi connectivity index (χ2n) is 5.56. The lowest BCUT2D eigenvalue weighted by Gasteiger charge is -2.31. The Morgan fingerprint density at radius 1 is 1.31 bits per heavy atom. The zero-order chi connectivity index (χ0) is 12.0. The van der Waals surface area contributed by atoms with E-state index >= 15 is 0 Å². The molecule has 0 aromatic rings. The normalized spacial score (nSPS) is 28.3. The van der Waals surface area contributed by atoms with E-state index in [0.29, 0.717) is 6.04 Å². The molecule has 1 saturated carbocycles. The fourth-order valence-electron chi connectivity index (χ4n) is 2.58. The van der Waals surface area contributed by atoms with Gasteiger partial charge in [-0.25, -0.2) is 0 Å². The third-order valence-corrected chi connectivity index (χ3v) is 4.33. The molecule has 1 N–H and O–H groups in total. The first-order chi connectivity index (χ1) is 7.65. The van der Waals surface area contributed by atoms with Gasteiger partial charge in [-0.2, -0.15) is 0 Å². The van der Waals surface area contributed by atoms with Gasteiger partial charge in [0.05, 0.1) is 0 Å². The van der Waals surface area contributed by atoms with Crippen molar-refractivity contribution in [3.8, 4) is 0 Å². The van der Waals surface area contributed by atoms with E-state index in [9.17, 15) is 0 Å². The molecule has 1 aliphatic rings. The van der Waals surface area contributed by atoms with E-state index in [1.54, 1.807) is 0 Å². The fraction of sp³-hybridized carbons (Fsp3) is 1.00. The fourth-order valence-corrected chi connectivity index (χ4v) is 2.58. The molecule has 0 radical (unpaired) electrons. The smallest absolute Gasteiger partial charge is 0.0107 e. The molecule has 0 aliphatic heterocycles. The van der Waals surface area contributed by atoms with Gasteiger partial charge in [-0.3, -0.25) is 0 Å². The molecule has 3 atom stereocenters. The van der Waals surface area contributed by atoms with Crippen molar-refractivity contribution in [2.24, 2.45) is 5.92 Å². The molecule has 0 amide bonds. The molecule has 0 saturated heterocycles. The molecule has 0 aromatic heterocycles. The Labute approximate surface area is 102 Å². The highest BCUT2D eigenvalue weighted by Gasteiger charge is 2.20. The van der Waals surface area contributed by atoms with Crippen LogP contribution in [0, 0.1) is 5.92 Å². The van der Waals surface area contributed by atoms with Crippen LogP contribution in [-0.4, -0.2) is 37.1 Å². The molecule has 0 spiro atoms. The minimum Gasteiger partial charge on any atom is -0.312 e. The molecule has 1 aliphatic carbocycles. The Hall–Kier alpha value is -0.0800. The van der Waals surface area contributed by atoms with Crippen molar-refractivity contribution in [1.82, 2.24) is 10.2 Å². The highest BCUT2D eigenvalue weighted by Crippen LogP contribution is 2.23. The van der Waals surface area contributed by atoms with Crippen LogP contribution in [0.5, 0.6) is 0 Å². The maximum Gasteiger partial charge on any atom is 0.0107 e. The SMILES string of the molecule is CCC(C)N(C)CCNC1CCCCC1C. The maximum absolute atomic E-state index is 3.74. The van der Waals surface area contributed by atoms with Gasteiger partial charge in [-0.15, -0.1) is 0 Å². The predicted molar refractivity (Wildman–Crippen MR) is 71.8 cm³/mol. The van der Waals surface area contributed by atoms with Crippen molar-refractivity contribution in [3.63, 3.8) is 0 Å². The zero-order valence-corrected chi connectivity index (χ0v) is 11.6. The van der Waals surface area contributed by atoms with Crippen LogP contribution < -0.4 is 5.32 Å². The molecule has 16 heavy (non-hydrogen) atoms. The lowest BCUT2D eigenvalue weighted by atomic mass is 9.86. The summed E-state index contributed by atoms with van der Waals surface area (Å²) in [7, 11) is 2.24. The Balaban J connectivity index is 2.14. The minimum atomic E-state index is 0.713. The summed E-state index contributed by atoms with van der Waals surface area (Å²) in [6, 6.07) is 1.49. The summed E-state index contributed by atoms with van der Waals surface area (Å²) in [4.78, 5) is 2.46. The molecule has 0 aromatic carbocycles. The van der Waals surface area contributed by atoms with Gasteiger partial charge in [-0.1, -0.05) is 26.7 Å². The van der Waals surface area contributed by atoms with E-state index in [2.05, 4.69) is 38.0 Å². The number of hydrogen-bond acceptors (Lipinski definition) is 2. The topological polar surface area (TPSA) is 15.3 Å². The number of nitrogens with zero attached hydrogens (tertiary/aromatic N) is 1. The molecular formula is C14H30N2. The summed E-state index contributed by atoms with van der Waals surface area (Å²) in [6.45, 7) is 9.30. The monoisotopic (exact) mass is 226 g/mol. The molecule has 2 nitrogen and oxygen atoms in total. The van der Waals surface area contributed by atoms with Crippen LogP contribution in [0.2, 0.25) is 0 Å². The van der Waals surface area contributed by atoms with E-state index in [-0.39, 0.29) is 0 Å². The number of nitrogens with one attached hydrogen (secondary N) is 1. The van der Waals surface area contributed by atoms with Crippen molar-refractivity contribution < 1.29 is 0 Å². The number of hydrogen-bond donors (Lipinski definition) is 1. The summed E-state index contributed by atoms with van der Waals surface area (Å²) in [6.07, 6.45) is 6.90. The minimum absolute atomic E-state index is 0.713. The standard InChI is InChI=1S/C14H30N2/c1-5-13(3)16(4)11-10-15-14-9-7-6-8-12(14)2/h12-15H,5-11H2,1-4H3. The third-order valence-electron chi connectivity index (χ3n) is 4.33. The van der Waals surface area contributed by atoms with Crippen LogP contribution in [-0.2, 0) is 0 Å². The summed E-state index contributed by atoms with van der Waals surface area (Å²) in [5, 5.41) is 3.74. The van der Waals surface area contributed by atoms with Gasteiger partial charge < -0.3 is 10.2 Å². The average Bonchev–Trinajstić information content (AvgIpc) is 2.30.